The zero-order valence-corrected chi connectivity index (χ0v) is 3.89. The summed E-state index contributed by atoms with van der Waals surface area (Å²) in [5.41, 5.74) is 0. The van der Waals surface area contributed by atoms with Crippen molar-refractivity contribution in [1.82, 2.24) is 0 Å². The number of hydrogen-bond acceptors (Lipinski definition) is 1. The Hall–Kier alpha value is -1.16. The molecule has 0 rings (SSSR count). The van der Waals surface area contributed by atoms with E-state index in [0.717, 1.165) is 6.26 Å². The number of allylic oxidation sites excluding steroid dienone is 2. The fourth-order valence-electron chi connectivity index (χ4n) is 0.144. The van der Waals surface area contributed by atoms with Gasteiger partial charge in [-0.05, 0) is 6.08 Å². The van der Waals surface area contributed by atoms with Gasteiger partial charge in [0.25, 0.3) is 0 Å². The van der Waals surface area contributed by atoms with Crippen LogP contribution in [0.25, 0.3) is 0 Å². The first-order valence-electron chi connectivity index (χ1n) is 1.83. The Morgan fingerprint density at radius 2 is 2.14 bits per heavy atom. The maximum absolute atomic E-state index is 7.98. The van der Waals surface area contributed by atoms with E-state index in [9.17, 15) is 0 Å². The molecule has 0 aliphatic rings. The minimum atomic E-state index is 0.885. The van der Waals surface area contributed by atoms with Crippen molar-refractivity contribution in [3.63, 3.8) is 0 Å². The van der Waals surface area contributed by atoms with Crippen LogP contribution in [-0.4, -0.2) is 5.11 Å². The molecule has 0 aromatic rings. The molecule has 0 fully saturated rings. The lowest BCUT2D eigenvalue weighted by atomic mass is 10.5. The number of aliphatic hydroxyl groups excluding tert-OH is 1. The molecule has 0 aliphatic carbocycles. The monoisotopic (exact) mass is 94.0 g/mol. The van der Waals surface area contributed by atoms with E-state index >= 15 is 0 Å². The van der Waals surface area contributed by atoms with Crippen LogP contribution in [0, 0.1) is 11.8 Å². The van der Waals surface area contributed by atoms with Crippen LogP contribution >= 0.6 is 0 Å². The molecule has 0 aromatic carbocycles. The molecule has 0 aliphatic heterocycles. The quantitative estimate of drug-likeness (QED) is 0.354. The summed E-state index contributed by atoms with van der Waals surface area (Å²) >= 11 is 0. The van der Waals surface area contributed by atoms with Gasteiger partial charge in [0.2, 0.25) is 0 Å². The third-order valence-corrected chi connectivity index (χ3v) is 0.343. The van der Waals surface area contributed by atoms with E-state index in [0.29, 0.717) is 0 Å². The molecule has 0 amide bonds. The molecule has 1 N–H and O–H groups in total. The molecule has 1 nitrogen and oxygen atoms in total. The second-order valence-corrected chi connectivity index (χ2v) is 0.809. The van der Waals surface area contributed by atoms with Crippen LogP contribution in [0.4, 0.5) is 0 Å². The molecule has 0 aromatic heterocycles. The largest absolute Gasteiger partial charge is 0.515 e. The van der Waals surface area contributed by atoms with Crippen molar-refractivity contribution in [3.05, 3.63) is 25.0 Å². The first-order valence-corrected chi connectivity index (χ1v) is 1.83. The molecule has 0 heterocycles. The Kier molecular flexibility index (Phi) is 4.04. The van der Waals surface area contributed by atoms with Crippen LogP contribution in [0.2, 0.25) is 0 Å². The summed E-state index contributed by atoms with van der Waals surface area (Å²) in [5, 5.41) is 7.98. The predicted molar refractivity (Wildman–Crippen MR) is 29.7 cm³/mol. The number of hydrogen-bond donors (Lipinski definition) is 1. The van der Waals surface area contributed by atoms with Crippen molar-refractivity contribution in [2.75, 3.05) is 0 Å². The van der Waals surface area contributed by atoms with Gasteiger partial charge in [0.1, 0.15) is 0 Å². The maximum Gasteiger partial charge on any atom is 0.0875 e. The van der Waals surface area contributed by atoms with E-state index in [1.165, 1.54) is 12.2 Å². The topological polar surface area (TPSA) is 20.2 Å². The van der Waals surface area contributed by atoms with Crippen LogP contribution < -0.4 is 0 Å². The molecule has 7 heavy (non-hydrogen) atoms. The zero-order valence-electron chi connectivity index (χ0n) is 3.89. The molecule has 0 unspecified atom stereocenters. The minimum absolute atomic E-state index is 0.885. The van der Waals surface area contributed by atoms with E-state index < -0.39 is 0 Å². The van der Waals surface area contributed by atoms with Gasteiger partial charge in [-0.25, -0.2) is 0 Å². The Morgan fingerprint density at radius 3 is 2.57 bits per heavy atom. The molecule has 0 atom stereocenters. The van der Waals surface area contributed by atoms with Crippen molar-refractivity contribution in [3.8, 4) is 11.8 Å². The first-order chi connectivity index (χ1) is 3.41. The highest BCUT2D eigenvalue weighted by atomic mass is 16.2. The third-order valence-electron chi connectivity index (χ3n) is 0.343. The Morgan fingerprint density at radius 1 is 1.43 bits per heavy atom. The summed E-state index contributed by atoms with van der Waals surface area (Å²) in [6, 6.07) is 0. The van der Waals surface area contributed by atoms with Crippen molar-refractivity contribution < 1.29 is 5.11 Å². The number of rotatable bonds is 0. The minimum Gasteiger partial charge on any atom is -0.515 e. The molecule has 1 heteroatoms. The Balaban J connectivity index is 3.45. The van der Waals surface area contributed by atoms with Gasteiger partial charge in [0, 0.05) is 6.08 Å². The summed E-state index contributed by atoms with van der Waals surface area (Å²) in [7, 11) is 0. The maximum atomic E-state index is 7.98. The lowest BCUT2D eigenvalue weighted by Gasteiger charge is -1.59. The van der Waals surface area contributed by atoms with Gasteiger partial charge < -0.3 is 5.11 Å². The fraction of sp³-hybridized carbons (Fsp3) is 0. The molecule has 0 bridgehead atoms. The average Bonchev–Trinajstić information content (AvgIpc) is 1.69. The summed E-state index contributed by atoms with van der Waals surface area (Å²) in [6.07, 6.45) is 3.68. The highest BCUT2D eigenvalue weighted by Gasteiger charge is 1.49. The predicted octanol–water partition coefficient (Wildman–Crippen LogP) is 1.25. The molecule has 0 saturated carbocycles. The molecular weight excluding hydrogens is 88.1 g/mol. The van der Waals surface area contributed by atoms with E-state index in [2.05, 4.69) is 18.4 Å². The molecular formula is C6H6O. The normalized spacial score (nSPS) is 7.43. The van der Waals surface area contributed by atoms with Gasteiger partial charge in [-0.3, -0.25) is 0 Å². The molecule has 0 saturated heterocycles. The van der Waals surface area contributed by atoms with Gasteiger partial charge in [0.15, 0.2) is 0 Å². The van der Waals surface area contributed by atoms with E-state index in [-0.39, 0.29) is 0 Å². The Labute approximate surface area is 43.0 Å². The van der Waals surface area contributed by atoms with Crippen LogP contribution in [0.5, 0.6) is 0 Å². The highest BCUT2D eigenvalue weighted by molar-refractivity contribution is 5.20. The van der Waals surface area contributed by atoms with Crippen molar-refractivity contribution in [1.29, 1.82) is 0 Å². The second kappa shape index (κ2) is 4.84. The molecule has 0 spiro atoms. The highest BCUT2D eigenvalue weighted by Crippen LogP contribution is 1.60. The van der Waals surface area contributed by atoms with Gasteiger partial charge in [-0.2, -0.15) is 0 Å². The summed E-state index contributed by atoms with van der Waals surface area (Å²) < 4.78 is 0. The van der Waals surface area contributed by atoms with Gasteiger partial charge in [-0.1, -0.05) is 18.4 Å². The van der Waals surface area contributed by atoms with E-state index in [4.69, 9.17) is 5.11 Å². The van der Waals surface area contributed by atoms with Gasteiger partial charge in [0.05, 0.1) is 6.26 Å². The van der Waals surface area contributed by atoms with Crippen LogP contribution in [0.15, 0.2) is 25.0 Å². The fourth-order valence-corrected chi connectivity index (χ4v) is 0.144. The van der Waals surface area contributed by atoms with Crippen LogP contribution in [-0.2, 0) is 0 Å². The van der Waals surface area contributed by atoms with Crippen LogP contribution in [0.3, 0.4) is 0 Å². The summed E-state index contributed by atoms with van der Waals surface area (Å²) in [5.74, 6) is 5.00. The Bertz CT molecular complexity index is 123. The van der Waals surface area contributed by atoms with Crippen molar-refractivity contribution >= 4 is 0 Å². The van der Waals surface area contributed by atoms with Gasteiger partial charge >= 0.3 is 0 Å². The van der Waals surface area contributed by atoms with Crippen molar-refractivity contribution in [2.45, 2.75) is 0 Å². The SMILES string of the molecule is C=CC#C/C=C\O. The van der Waals surface area contributed by atoms with Crippen LogP contribution in [0.1, 0.15) is 0 Å². The smallest absolute Gasteiger partial charge is 0.0875 e. The third kappa shape index (κ3) is 4.84. The zero-order chi connectivity index (χ0) is 5.54. The standard InChI is InChI=1S/C6H6O/c1-2-3-4-5-6-7/h2,5-7H,1H2/b6-5-. The summed E-state index contributed by atoms with van der Waals surface area (Å²) in [4.78, 5) is 0. The molecule has 0 radical (unpaired) electrons. The second-order valence-electron chi connectivity index (χ2n) is 0.809. The number of aliphatic hydroxyl groups is 1. The van der Waals surface area contributed by atoms with E-state index in [1.54, 1.807) is 0 Å². The molecule has 36 valence electrons. The summed E-state index contributed by atoms with van der Waals surface area (Å²) in [6.45, 7) is 3.34. The lowest BCUT2D eigenvalue weighted by Crippen LogP contribution is -1.47. The van der Waals surface area contributed by atoms with Crippen molar-refractivity contribution in [2.24, 2.45) is 0 Å². The van der Waals surface area contributed by atoms with Gasteiger partial charge in [-0.15, -0.1) is 0 Å². The average molecular weight is 94.1 g/mol. The first kappa shape index (κ1) is 5.84. The van der Waals surface area contributed by atoms with E-state index in [1.807, 2.05) is 0 Å². The lowest BCUT2D eigenvalue weighted by molar-refractivity contribution is 0.474.